The average Bonchev–Trinajstić information content (AvgIpc) is 2.37. The topological polar surface area (TPSA) is 38.7 Å². The lowest BCUT2D eigenvalue weighted by atomic mass is 9.90. The van der Waals surface area contributed by atoms with Gasteiger partial charge in [0.05, 0.1) is 6.61 Å². The van der Waals surface area contributed by atoms with Gasteiger partial charge in [-0.15, -0.1) is 0 Å². The van der Waals surface area contributed by atoms with E-state index < -0.39 is 0 Å². The summed E-state index contributed by atoms with van der Waals surface area (Å²) in [5.74, 6) is 1.63. The molecule has 1 aliphatic heterocycles. The van der Waals surface area contributed by atoms with E-state index in [4.69, 9.17) is 14.6 Å². The molecule has 1 unspecified atom stereocenters. The molecule has 0 spiro atoms. The lowest BCUT2D eigenvalue weighted by molar-refractivity contribution is -0.168. The number of aliphatic hydroxyl groups is 1. The molecule has 0 saturated carbocycles. The second-order valence-corrected chi connectivity index (χ2v) is 6.10. The Balaban J connectivity index is 2.10. The molecule has 0 aliphatic carbocycles. The zero-order chi connectivity index (χ0) is 13.4. The molecule has 3 nitrogen and oxygen atoms in total. The molecule has 0 bridgehead atoms. The Morgan fingerprint density at radius 2 is 1.83 bits per heavy atom. The zero-order valence-electron chi connectivity index (χ0n) is 12.2. The maximum atomic E-state index is 9.05. The van der Waals surface area contributed by atoms with E-state index in [9.17, 15) is 0 Å². The monoisotopic (exact) mass is 258 g/mol. The molecule has 1 saturated heterocycles. The molecule has 4 atom stereocenters. The van der Waals surface area contributed by atoms with E-state index in [0.717, 1.165) is 32.5 Å². The summed E-state index contributed by atoms with van der Waals surface area (Å²) in [6.45, 7) is 8.55. The van der Waals surface area contributed by atoms with Crippen molar-refractivity contribution in [2.75, 3.05) is 19.8 Å². The highest BCUT2D eigenvalue weighted by Gasteiger charge is 2.17. The van der Waals surface area contributed by atoms with Crippen molar-refractivity contribution in [1.82, 2.24) is 0 Å². The smallest absolute Gasteiger partial charge is 0.157 e. The van der Waals surface area contributed by atoms with Crippen LogP contribution in [0.25, 0.3) is 0 Å². The van der Waals surface area contributed by atoms with Gasteiger partial charge >= 0.3 is 0 Å². The van der Waals surface area contributed by atoms with Crippen molar-refractivity contribution in [2.24, 2.45) is 17.8 Å². The average molecular weight is 258 g/mol. The Hall–Kier alpha value is -0.120. The van der Waals surface area contributed by atoms with Gasteiger partial charge in [0.1, 0.15) is 0 Å². The van der Waals surface area contributed by atoms with Gasteiger partial charge in [-0.2, -0.15) is 0 Å². The maximum Gasteiger partial charge on any atom is 0.157 e. The molecule has 1 heterocycles. The van der Waals surface area contributed by atoms with Gasteiger partial charge in [-0.05, 0) is 49.9 Å². The van der Waals surface area contributed by atoms with Gasteiger partial charge in [0.25, 0.3) is 0 Å². The van der Waals surface area contributed by atoms with Crippen molar-refractivity contribution in [3.8, 4) is 0 Å². The summed E-state index contributed by atoms with van der Waals surface area (Å²) in [4.78, 5) is 0. The van der Waals surface area contributed by atoms with Crippen LogP contribution < -0.4 is 0 Å². The Labute approximate surface area is 112 Å². The van der Waals surface area contributed by atoms with Crippen LogP contribution in [0.4, 0.5) is 0 Å². The zero-order valence-corrected chi connectivity index (χ0v) is 12.2. The fourth-order valence-electron chi connectivity index (χ4n) is 2.73. The minimum Gasteiger partial charge on any atom is -0.396 e. The van der Waals surface area contributed by atoms with E-state index in [0.29, 0.717) is 24.4 Å². The van der Waals surface area contributed by atoms with Crippen molar-refractivity contribution in [1.29, 1.82) is 0 Å². The third-order valence-electron chi connectivity index (χ3n) is 3.63. The Morgan fingerprint density at radius 3 is 2.44 bits per heavy atom. The molecule has 0 aromatic heterocycles. The minimum absolute atomic E-state index is 0.0351. The Bertz CT molecular complexity index is 202. The summed E-state index contributed by atoms with van der Waals surface area (Å²) in [5.41, 5.74) is 0. The molecule has 0 amide bonds. The van der Waals surface area contributed by atoms with Gasteiger partial charge in [-0.25, -0.2) is 0 Å². The van der Waals surface area contributed by atoms with Crippen molar-refractivity contribution in [3.63, 3.8) is 0 Å². The van der Waals surface area contributed by atoms with Gasteiger partial charge in [-0.3, -0.25) is 0 Å². The highest BCUT2D eigenvalue weighted by molar-refractivity contribution is 4.63. The summed E-state index contributed by atoms with van der Waals surface area (Å²) < 4.78 is 11.4. The number of hydrogen-bond acceptors (Lipinski definition) is 3. The van der Waals surface area contributed by atoms with Crippen molar-refractivity contribution in [3.05, 3.63) is 0 Å². The molecule has 1 aliphatic rings. The molecule has 0 radical (unpaired) electrons. The summed E-state index contributed by atoms with van der Waals surface area (Å²) in [7, 11) is 0. The van der Waals surface area contributed by atoms with Gasteiger partial charge in [0.2, 0.25) is 0 Å². The number of ether oxygens (including phenoxy) is 2. The van der Waals surface area contributed by atoms with Crippen molar-refractivity contribution >= 4 is 0 Å². The molecule has 108 valence electrons. The van der Waals surface area contributed by atoms with E-state index in [1.807, 2.05) is 0 Å². The lowest BCUT2D eigenvalue weighted by Gasteiger charge is -2.25. The van der Waals surface area contributed by atoms with E-state index in [1.54, 1.807) is 0 Å². The predicted molar refractivity (Wildman–Crippen MR) is 73.4 cm³/mol. The second kappa shape index (κ2) is 8.89. The normalized spacial score (nSPS) is 25.7. The predicted octanol–water partition coefficient (Wildman–Crippen LogP) is 3.21. The van der Waals surface area contributed by atoms with E-state index in [-0.39, 0.29) is 6.29 Å². The van der Waals surface area contributed by atoms with Crippen LogP contribution in [0.3, 0.4) is 0 Å². The largest absolute Gasteiger partial charge is 0.396 e. The van der Waals surface area contributed by atoms with Crippen LogP contribution in [-0.2, 0) is 9.47 Å². The summed E-state index contributed by atoms with van der Waals surface area (Å²) in [6.07, 6.45) is 5.74. The number of rotatable bonds is 8. The van der Waals surface area contributed by atoms with E-state index in [1.165, 1.54) is 12.8 Å². The van der Waals surface area contributed by atoms with Crippen LogP contribution >= 0.6 is 0 Å². The van der Waals surface area contributed by atoms with E-state index >= 15 is 0 Å². The second-order valence-electron chi connectivity index (χ2n) is 6.10. The third-order valence-corrected chi connectivity index (χ3v) is 3.63. The van der Waals surface area contributed by atoms with Crippen LogP contribution in [0.15, 0.2) is 0 Å². The first-order valence-electron chi connectivity index (χ1n) is 7.45. The molecular formula is C15H30O3. The lowest BCUT2D eigenvalue weighted by Crippen LogP contribution is -2.25. The van der Waals surface area contributed by atoms with Gasteiger partial charge in [-0.1, -0.05) is 20.8 Å². The molecule has 1 N–H and O–H groups in total. The summed E-state index contributed by atoms with van der Waals surface area (Å²) >= 11 is 0. The summed E-state index contributed by atoms with van der Waals surface area (Å²) in [6, 6.07) is 0. The van der Waals surface area contributed by atoms with Gasteiger partial charge in [0, 0.05) is 13.2 Å². The molecule has 1 rings (SSSR count). The maximum absolute atomic E-state index is 9.05. The van der Waals surface area contributed by atoms with Crippen LogP contribution in [-0.4, -0.2) is 31.2 Å². The van der Waals surface area contributed by atoms with Crippen LogP contribution in [0, 0.1) is 17.8 Å². The summed E-state index contributed by atoms with van der Waals surface area (Å²) in [5, 5.41) is 9.05. The molecule has 0 aromatic rings. The van der Waals surface area contributed by atoms with Gasteiger partial charge < -0.3 is 14.6 Å². The Morgan fingerprint density at radius 1 is 1.11 bits per heavy atom. The van der Waals surface area contributed by atoms with Gasteiger partial charge in [0.15, 0.2) is 6.29 Å². The first-order chi connectivity index (χ1) is 8.61. The standard InChI is InChI=1S/C15H30O3/c1-12(8-13(2)10-16)9-14(3)11-18-15-6-4-5-7-17-15/h12-16H,4-11H2,1-3H3/t12-,13+,14+,15?/m1/s1. The van der Waals surface area contributed by atoms with Crippen LogP contribution in [0.2, 0.25) is 0 Å². The van der Waals surface area contributed by atoms with Crippen LogP contribution in [0.5, 0.6) is 0 Å². The van der Waals surface area contributed by atoms with E-state index in [2.05, 4.69) is 20.8 Å². The molecule has 0 aromatic carbocycles. The molecular weight excluding hydrogens is 228 g/mol. The third kappa shape index (κ3) is 6.72. The highest BCUT2D eigenvalue weighted by atomic mass is 16.7. The van der Waals surface area contributed by atoms with Crippen LogP contribution in [0.1, 0.15) is 52.9 Å². The minimum atomic E-state index is 0.0351. The molecule has 1 fully saturated rings. The first-order valence-corrected chi connectivity index (χ1v) is 7.45. The number of aliphatic hydroxyl groups excluding tert-OH is 1. The fourth-order valence-corrected chi connectivity index (χ4v) is 2.73. The number of hydrogen-bond donors (Lipinski definition) is 1. The SMILES string of the molecule is C[C@H](C[C@H](C)CO)C[C@H](C)COC1CCCCO1. The van der Waals surface area contributed by atoms with Crippen molar-refractivity contribution in [2.45, 2.75) is 59.2 Å². The molecule has 3 heteroatoms. The van der Waals surface area contributed by atoms with Crippen molar-refractivity contribution < 1.29 is 14.6 Å². The first kappa shape index (κ1) is 15.9. The Kier molecular flexibility index (Phi) is 7.87. The quantitative estimate of drug-likeness (QED) is 0.726. The fraction of sp³-hybridized carbons (Fsp3) is 1.00. The molecule has 18 heavy (non-hydrogen) atoms. The highest BCUT2D eigenvalue weighted by Crippen LogP contribution is 2.21.